The van der Waals surface area contributed by atoms with Gasteiger partial charge in [0.25, 0.3) is 0 Å². The standard InChI is InChI=1S/C14H16ClNO2/c1-2-3-9-8-11(15)14-10(5-7-18-14)13(9)12(17)4-6-16/h8,12,17H,2-5,7H2,1H3. The Hall–Kier alpha value is -1.24. The molecule has 1 heterocycles. The molecule has 1 atom stereocenters. The van der Waals surface area contributed by atoms with Gasteiger partial charge in [-0.1, -0.05) is 24.9 Å². The predicted octanol–water partition coefficient (Wildman–Crippen LogP) is 3.17. The van der Waals surface area contributed by atoms with Gasteiger partial charge in [0.2, 0.25) is 0 Å². The van der Waals surface area contributed by atoms with Crippen LogP contribution in [0.5, 0.6) is 5.75 Å². The number of ether oxygens (including phenoxy) is 1. The molecule has 2 rings (SSSR count). The normalized spacial score (nSPS) is 14.8. The Labute approximate surface area is 112 Å². The van der Waals surface area contributed by atoms with E-state index in [1.165, 1.54) is 0 Å². The van der Waals surface area contributed by atoms with Crippen molar-refractivity contribution >= 4 is 11.6 Å². The molecular weight excluding hydrogens is 250 g/mol. The van der Waals surface area contributed by atoms with Crippen LogP contribution >= 0.6 is 11.6 Å². The van der Waals surface area contributed by atoms with E-state index in [0.717, 1.165) is 36.0 Å². The van der Waals surface area contributed by atoms with E-state index in [4.69, 9.17) is 21.6 Å². The Morgan fingerprint density at radius 2 is 2.39 bits per heavy atom. The minimum absolute atomic E-state index is 0.102. The fourth-order valence-electron chi connectivity index (χ4n) is 2.50. The summed E-state index contributed by atoms with van der Waals surface area (Å²) in [4.78, 5) is 0. The van der Waals surface area contributed by atoms with Gasteiger partial charge in [-0.05, 0) is 23.6 Å². The first-order valence-electron chi connectivity index (χ1n) is 6.21. The first-order chi connectivity index (χ1) is 8.69. The summed E-state index contributed by atoms with van der Waals surface area (Å²) in [7, 11) is 0. The zero-order valence-corrected chi connectivity index (χ0v) is 11.1. The van der Waals surface area contributed by atoms with Crippen LogP contribution in [0.3, 0.4) is 0 Å². The maximum absolute atomic E-state index is 10.2. The number of rotatable bonds is 4. The monoisotopic (exact) mass is 265 g/mol. The Morgan fingerprint density at radius 1 is 1.61 bits per heavy atom. The molecule has 0 amide bonds. The quantitative estimate of drug-likeness (QED) is 0.910. The number of halogens is 1. The van der Waals surface area contributed by atoms with Crippen molar-refractivity contribution in [1.29, 1.82) is 5.26 Å². The lowest BCUT2D eigenvalue weighted by molar-refractivity contribution is 0.181. The number of benzene rings is 1. The molecule has 1 unspecified atom stereocenters. The lowest BCUT2D eigenvalue weighted by atomic mass is 9.91. The highest BCUT2D eigenvalue weighted by molar-refractivity contribution is 6.32. The summed E-state index contributed by atoms with van der Waals surface area (Å²) in [6.45, 7) is 2.68. The third-order valence-corrected chi connectivity index (χ3v) is 3.48. The summed E-state index contributed by atoms with van der Waals surface area (Å²) in [6, 6.07) is 3.88. The van der Waals surface area contributed by atoms with E-state index in [1.807, 2.05) is 12.1 Å². The first kappa shape index (κ1) is 13.2. The smallest absolute Gasteiger partial charge is 0.141 e. The molecular formula is C14H16ClNO2. The maximum atomic E-state index is 10.2. The number of nitrogens with zero attached hydrogens (tertiary/aromatic N) is 1. The second-order valence-corrected chi connectivity index (χ2v) is 4.87. The number of nitriles is 1. The molecule has 1 N–H and O–H groups in total. The molecule has 0 aromatic heterocycles. The summed E-state index contributed by atoms with van der Waals surface area (Å²) >= 11 is 6.19. The predicted molar refractivity (Wildman–Crippen MR) is 69.8 cm³/mol. The number of fused-ring (bicyclic) bond motifs is 1. The summed E-state index contributed by atoms with van der Waals surface area (Å²) < 4.78 is 5.51. The molecule has 0 bridgehead atoms. The van der Waals surface area contributed by atoms with Crippen molar-refractivity contribution in [2.45, 2.75) is 38.7 Å². The van der Waals surface area contributed by atoms with E-state index >= 15 is 0 Å². The van der Waals surface area contributed by atoms with Gasteiger partial charge in [-0.25, -0.2) is 0 Å². The molecule has 1 aromatic carbocycles. The van der Waals surface area contributed by atoms with Crippen LogP contribution in [-0.4, -0.2) is 11.7 Å². The fraction of sp³-hybridized carbons (Fsp3) is 0.500. The topological polar surface area (TPSA) is 53.2 Å². The fourth-order valence-corrected chi connectivity index (χ4v) is 2.80. The van der Waals surface area contributed by atoms with E-state index in [9.17, 15) is 5.11 Å². The maximum Gasteiger partial charge on any atom is 0.141 e. The van der Waals surface area contributed by atoms with Crippen molar-refractivity contribution in [1.82, 2.24) is 0 Å². The second kappa shape index (κ2) is 5.60. The lowest BCUT2D eigenvalue weighted by Gasteiger charge is -2.18. The van der Waals surface area contributed by atoms with E-state index < -0.39 is 6.10 Å². The summed E-state index contributed by atoms with van der Waals surface area (Å²) in [6.07, 6.45) is 1.94. The van der Waals surface area contributed by atoms with Gasteiger partial charge >= 0.3 is 0 Å². The van der Waals surface area contributed by atoms with Gasteiger partial charge in [-0.3, -0.25) is 0 Å². The molecule has 3 nitrogen and oxygen atoms in total. The summed E-state index contributed by atoms with van der Waals surface area (Å²) in [5, 5.41) is 19.5. The van der Waals surface area contributed by atoms with Gasteiger partial charge in [0.05, 0.1) is 30.2 Å². The molecule has 4 heteroatoms. The van der Waals surface area contributed by atoms with Gasteiger partial charge in [0.15, 0.2) is 0 Å². The minimum Gasteiger partial charge on any atom is -0.491 e. The molecule has 96 valence electrons. The van der Waals surface area contributed by atoms with Crippen molar-refractivity contribution < 1.29 is 9.84 Å². The molecule has 1 aromatic rings. The molecule has 0 aliphatic carbocycles. The number of aliphatic hydroxyl groups is 1. The molecule has 0 fully saturated rings. The Kier molecular flexibility index (Phi) is 4.11. The number of hydrogen-bond donors (Lipinski definition) is 1. The van der Waals surface area contributed by atoms with Crippen LogP contribution < -0.4 is 4.74 Å². The number of aliphatic hydroxyl groups excluding tert-OH is 1. The minimum atomic E-state index is -0.746. The van der Waals surface area contributed by atoms with Crippen molar-refractivity contribution in [2.75, 3.05) is 6.61 Å². The van der Waals surface area contributed by atoms with Gasteiger partial charge in [0, 0.05) is 12.0 Å². The highest BCUT2D eigenvalue weighted by Gasteiger charge is 2.26. The molecule has 18 heavy (non-hydrogen) atoms. The Bertz CT molecular complexity index is 494. The first-order valence-corrected chi connectivity index (χ1v) is 6.58. The van der Waals surface area contributed by atoms with Crippen molar-refractivity contribution in [3.63, 3.8) is 0 Å². The highest BCUT2D eigenvalue weighted by Crippen LogP contribution is 2.41. The summed E-state index contributed by atoms with van der Waals surface area (Å²) in [5.74, 6) is 0.684. The molecule has 0 saturated carbocycles. The van der Waals surface area contributed by atoms with Crippen LogP contribution in [-0.2, 0) is 12.8 Å². The average molecular weight is 266 g/mol. The van der Waals surface area contributed by atoms with Gasteiger partial charge < -0.3 is 9.84 Å². The third-order valence-electron chi connectivity index (χ3n) is 3.20. The highest BCUT2D eigenvalue weighted by atomic mass is 35.5. The van der Waals surface area contributed by atoms with Gasteiger partial charge in [-0.15, -0.1) is 0 Å². The van der Waals surface area contributed by atoms with Gasteiger partial charge in [0.1, 0.15) is 5.75 Å². The van der Waals surface area contributed by atoms with Crippen molar-refractivity contribution in [3.05, 3.63) is 27.8 Å². The van der Waals surface area contributed by atoms with Crippen molar-refractivity contribution in [3.8, 4) is 11.8 Å². The van der Waals surface area contributed by atoms with Crippen LogP contribution in [0.1, 0.15) is 42.6 Å². The largest absolute Gasteiger partial charge is 0.491 e. The summed E-state index contributed by atoms with van der Waals surface area (Å²) in [5.41, 5.74) is 2.87. The van der Waals surface area contributed by atoms with Crippen molar-refractivity contribution in [2.24, 2.45) is 0 Å². The number of aryl methyl sites for hydroxylation is 1. The van der Waals surface area contributed by atoms with E-state index in [-0.39, 0.29) is 6.42 Å². The van der Waals surface area contributed by atoms with Crippen LogP contribution in [0.4, 0.5) is 0 Å². The third kappa shape index (κ3) is 2.31. The molecule has 1 aliphatic heterocycles. The Morgan fingerprint density at radius 3 is 3.06 bits per heavy atom. The van der Waals surface area contributed by atoms with Gasteiger partial charge in [-0.2, -0.15) is 5.26 Å². The molecule has 0 radical (unpaired) electrons. The zero-order chi connectivity index (χ0) is 13.1. The second-order valence-electron chi connectivity index (χ2n) is 4.47. The lowest BCUT2D eigenvalue weighted by Crippen LogP contribution is -2.06. The SMILES string of the molecule is CCCc1cc(Cl)c2c(c1C(O)CC#N)CCO2. The van der Waals surface area contributed by atoms with Crippen LogP contribution in [0, 0.1) is 11.3 Å². The van der Waals surface area contributed by atoms with E-state index in [1.54, 1.807) is 0 Å². The average Bonchev–Trinajstić information content (AvgIpc) is 2.79. The zero-order valence-electron chi connectivity index (χ0n) is 10.4. The number of hydrogen-bond acceptors (Lipinski definition) is 3. The molecule has 0 saturated heterocycles. The molecule has 0 spiro atoms. The van der Waals surface area contributed by atoms with E-state index in [0.29, 0.717) is 17.4 Å². The Balaban J connectivity index is 2.53. The van der Waals surface area contributed by atoms with E-state index in [2.05, 4.69) is 6.92 Å². The van der Waals surface area contributed by atoms with Crippen LogP contribution in [0.2, 0.25) is 5.02 Å². The van der Waals surface area contributed by atoms with Crippen LogP contribution in [0.15, 0.2) is 6.07 Å². The molecule has 1 aliphatic rings. The van der Waals surface area contributed by atoms with Crippen LogP contribution in [0.25, 0.3) is 0 Å².